The van der Waals surface area contributed by atoms with E-state index in [2.05, 4.69) is 16.7 Å². The van der Waals surface area contributed by atoms with E-state index in [0.717, 1.165) is 18.5 Å². The molecule has 0 N–H and O–H groups in total. The number of nitrogens with zero attached hydrogens (tertiary/aromatic N) is 2. The largest absolute Gasteiger partial charge is 0.374 e. The average molecular weight is 286 g/mol. The number of carbonyl (C=O) groups excluding carboxylic acids is 1. The molecule has 1 aliphatic heterocycles. The second-order valence-corrected chi connectivity index (χ2v) is 5.45. The molecule has 1 saturated heterocycles. The molecule has 1 unspecified atom stereocenters. The van der Waals surface area contributed by atoms with Crippen LogP contribution in [0.3, 0.4) is 0 Å². The minimum atomic E-state index is -0.114. The second kappa shape index (κ2) is 7.82. The summed E-state index contributed by atoms with van der Waals surface area (Å²) in [6.45, 7) is 2.82. The topological polar surface area (TPSA) is 32.8 Å². The number of rotatable bonds is 3. The van der Waals surface area contributed by atoms with Crippen LogP contribution in [0.2, 0.25) is 0 Å². The highest BCUT2D eigenvalue weighted by Gasteiger charge is 2.23. The third-order valence-corrected chi connectivity index (χ3v) is 3.41. The van der Waals surface area contributed by atoms with Crippen LogP contribution in [-0.2, 0) is 9.53 Å². The maximum absolute atomic E-state index is 12.1. The molecular formula is C17H22N2O2. The third-order valence-electron chi connectivity index (χ3n) is 3.41. The van der Waals surface area contributed by atoms with Gasteiger partial charge in [0.2, 0.25) is 0 Å². The molecule has 0 radical (unpaired) electrons. The fraction of sp³-hybridized carbons (Fsp3) is 0.471. The van der Waals surface area contributed by atoms with Crippen LogP contribution in [0.15, 0.2) is 30.3 Å². The van der Waals surface area contributed by atoms with Crippen LogP contribution in [-0.4, -0.2) is 62.1 Å². The number of hydrogen-bond donors (Lipinski definition) is 0. The minimum Gasteiger partial charge on any atom is -0.374 e. The van der Waals surface area contributed by atoms with Crippen LogP contribution < -0.4 is 0 Å². The maximum Gasteiger partial charge on any atom is 0.298 e. The highest BCUT2D eigenvalue weighted by molar-refractivity contribution is 5.94. The Hall–Kier alpha value is -1.83. The van der Waals surface area contributed by atoms with Gasteiger partial charge in [0.1, 0.15) is 0 Å². The number of morpholine rings is 1. The molecule has 1 heterocycles. The molecule has 1 aliphatic rings. The SMILES string of the molecule is CN(C)CCC1CN(C(=O)C#Cc2ccccc2)CCO1. The standard InChI is InChI=1S/C17H22N2O2/c1-18(2)11-10-16-14-19(12-13-21-16)17(20)9-8-15-6-4-3-5-7-15/h3-7,16H,10-14H2,1-2H3. The molecule has 0 aliphatic carbocycles. The Bertz CT molecular complexity index is 517. The first-order chi connectivity index (χ1) is 10.1. The van der Waals surface area contributed by atoms with Crippen molar-refractivity contribution in [2.24, 2.45) is 0 Å². The van der Waals surface area contributed by atoms with Gasteiger partial charge in [0.25, 0.3) is 5.91 Å². The normalized spacial score (nSPS) is 18.2. The zero-order valence-electron chi connectivity index (χ0n) is 12.7. The molecule has 1 fully saturated rings. The molecule has 4 heteroatoms. The van der Waals surface area contributed by atoms with Crippen LogP contribution in [0.4, 0.5) is 0 Å². The highest BCUT2D eigenvalue weighted by atomic mass is 16.5. The van der Waals surface area contributed by atoms with Gasteiger partial charge in [0.15, 0.2) is 0 Å². The lowest BCUT2D eigenvalue weighted by Crippen LogP contribution is -2.45. The predicted octanol–water partition coefficient (Wildman–Crippen LogP) is 1.22. The van der Waals surface area contributed by atoms with Crippen molar-refractivity contribution in [1.82, 2.24) is 9.80 Å². The third kappa shape index (κ3) is 5.22. The summed E-state index contributed by atoms with van der Waals surface area (Å²) in [6, 6.07) is 9.57. The van der Waals surface area contributed by atoms with Gasteiger partial charge in [-0.3, -0.25) is 4.79 Å². The van der Waals surface area contributed by atoms with Gasteiger partial charge in [0, 0.05) is 31.1 Å². The van der Waals surface area contributed by atoms with Gasteiger partial charge in [-0.25, -0.2) is 0 Å². The Morgan fingerprint density at radius 1 is 1.38 bits per heavy atom. The molecular weight excluding hydrogens is 264 g/mol. The van der Waals surface area contributed by atoms with E-state index < -0.39 is 0 Å². The molecule has 2 rings (SSSR count). The minimum absolute atomic E-state index is 0.114. The summed E-state index contributed by atoms with van der Waals surface area (Å²) < 4.78 is 5.70. The van der Waals surface area contributed by atoms with Gasteiger partial charge in [-0.2, -0.15) is 0 Å². The average Bonchev–Trinajstić information content (AvgIpc) is 2.52. The maximum atomic E-state index is 12.1. The molecule has 1 amide bonds. The van der Waals surface area contributed by atoms with Crippen molar-refractivity contribution in [2.75, 3.05) is 40.3 Å². The Labute approximate surface area is 126 Å². The Morgan fingerprint density at radius 3 is 2.86 bits per heavy atom. The van der Waals surface area contributed by atoms with Gasteiger partial charge in [-0.1, -0.05) is 24.1 Å². The van der Waals surface area contributed by atoms with Crippen LogP contribution >= 0.6 is 0 Å². The van der Waals surface area contributed by atoms with Crippen molar-refractivity contribution in [1.29, 1.82) is 0 Å². The highest BCUT2D eigenvalue weighted by Crippen LogP contribution is 2.09. The Kier molecular flexibility index (Phi) is 5.79. The van der Waals surface area contributed by atoms with Crippen LogP contribution in [0.1, 0.15) is 12.0 Å². The molecule has 112 valence electrons. The van der Waals surface area contributed by atoms with Gasteiger partial charge >= 0.3 is 0 Å². The van der Waals surface area contributed by atoms with E-state index >= 15 is 0 Å². The Morgan fingerprint density at radius 2 is 2.14 bits per heavy atom. The number of benzene rings is 1. The Balaban J connectivity index is 1.89. The van der Waals surface area contributed by atoms with Gasteiger partial charge in [0.05, 0.1) is 12.7 Å². The summed E-state index contributed by atoms with van der Waals surface area (Å²) in [5.74, 6) is 5.53. The first kappa shape index (κ1) is 15.6. The van der Waals surface area contributed by atoms with E-state index in [9.17, 15) is 4.79 Å². The smallest absolute Gasteiger partial charge is 0.298 e. The number of ether oxygens (including phenoxy) is 1. The molecule has 1 aromatic rings. The fourth-order valence-corrected chi connectivity index (χ4v) is 2.21. The summed E-state index contributed by atoms with van der Waals surface area (Å²) in [4.78, 5) is 16.1. The zero-order valence-corrected chi connectivity index (χ0v) is 12.7. The molecule has 21 heavy (non-hydrogen) atoms. The van der Waals surface area contributed by atoms with Crippen molar-refractivity contribution in [3.63, 3.8) is 0 Å². The lowest BCUT2D eigenvalue weighted by atomic mass is 10.2. The van der Waals surface area contributed by atoms with E-state index in [-0.39, 0.29) is 12.0 Å². The van der Waals surface area contributed by atoms with Crippen molar-refractivity contribution >= 4 is 5.91 Å². The first-order valence-electron chi connectivity index (χ1n) is 7.27. The molecule has 1 atom stereocenters. The molecule has 4 nitrogen and oxygen atoms in total. The number of hydrogen-bond acceptors (Lipinski definition) is 3. The fourth-order valence-electron chi connectivity index (χ4n) is 2.21. The molecule has 0 aromatic heterocycles. The van der Waals surface area contributed by atoms with E-state index in [4.69, 9.17) is 4.74 Å². The number of carbonyl (C=O) groups is 1. The lowest BCUT2D eigenvalue weighted by molar-refractivity contribution is -0.132. The first-order valence-corrected chi connectivity index (χ1v) is 7.27. The van der Waals surface area contributed by atoms with E-state index in [0.29, 0.717) is 19.7 Å². The summed E-state index contributed by atoms with van der Waals surface area (Å²) in [7, 11) is 4.08. The summed E-state index contributed by atoms with van der Waals surface area (Å²) >= 11 is 0. The van der Waals surface area contributed by atoms with Crippen LogP contribution in [0.25, 0.3) is 0 Å². The number of amides is 1. The van der Waals surface area contributed by atoms with Gasteiger partial charge < -0.3 is 14.5 Å². The predicted molar refractivity (Wildman–Crippen MR) is 82.8 cm³/mol. The van der Waals surface area contributed by atoms with Crippen LogP contribution in [0, 0.1) is 11.8 Å². The molecule has 0 saturated carbocycles. The van der Waals surface area contributed by atoms with Crippen molar-refractivity contribution in [2.45, 2.75) is 12.5 Å². The summed E-state index contributed by atoms with van der Waals surface area (Å²) in [6.07, 6.45) is 1.05. The van der Waals surface area contributed by atoms with Crippen molar-refractivity contribution < 1.29 is 9.53 Å². The van der Waals surface area contributed by atoms with E-state index in [1.807, 2.05) is 44.4 Å². The quantitative estimate of drug-likeness (QED) is 0.783. The lowest BCUT2D eigenvalue weighted by Gasteiger charge is -2.32. The van der Waals surface area contributed by atoms with Crippen LogP contribution in [0.5, 0.6) is 0 Å². The van der Waals surface area contributed by atoms with Gasteiger partial charge in [-0.05, 0) is 32.6 Å². The zero-order chi connectivity index (χ0) is 15.1. The van der Waals surface area contributed by atoms with E-state index in [1.165, 1.54) is 0 Å². The van der Waals surface area contributed by atoms with Crippen molar-refractivity contribution in [3.05, 3.63) is 35.9 Å². The van der Waals surface area contributed by atoms with Crippen molar-refractivity contribution in [3.8, 4) is 11.8 Å². The summed E-state index contributed by atoms with van der Waals surface area (Å²) in [5.41, 5.74) is 0.864. The van der Waals surface area contributed by atoms with E-state index in [1.54, 1.807) is 4.90 Å². The summed E-state index contributed by atoms with van der Waals surface area (Å²) in [5, 5.41) is 0. The van der Waals surface area contributed by atoms with Gasteiger partial charge in [-0.15, -0.1) is 0 Å². The molecule has 0 bridgehead atoms. The second-order valence-electron chi connectivity index (χ2n) is 5.45. The molecule has 0 spiro atoms. The monoisotopic (exact) mass is 286 g/mol. The molecule has 1 aromatic carbocycles.